The van der Waals surface area contributed by atoms with Gasteiger partial charge in [-0.1, -0.05) is 12.1 Å². The van der Waals surface area contributed by atoms with E-state index >= 15 is 0 Å². The molecule has 0 radical (unpaired) electrons. The summed E-state index contributed by atoms with van der Waals surface area (Å²) < 4.78 is 42.1. The molecule has 0 aliphatic heterocycles. The smallest absolute Gasteiger partial charge is 0.148 e. The van der Waals surface area contributed by atoms with E-state index in [0.29, 0.717) is 12.6 Å². The lowest BCUT2D eigenvalue weighted by atomic mass is 10.0. The Morgan fingerprint density at radius 2 is 1.81 bits per heavy atom. The van der Waals surface area contributed by atoms with Crippen LogP contribution >= 0.6 is 15.9 Å². The second-order valence-corrected chi connectivity index (χ2v) is 6.04. The van der Waals surface area contributed by atoms with Gasteiger partial charge in [-0.05, 0) is 52.5 Å². The van der Waals surface area contributed by atoms with Gasteiger partial charge in [0.15, 0.2) is 0 Å². The van der Waals surface area contributed by atoms with Crippen LogP contribution in [0.25, 0.3) is 11.1 Å². The molecule has 1 saturated carbocycles. The van der Waals surface area contributed by atoms with Gasteiger partial charge in [0.25, 0.3) is 0 Å². The van der Waals surface area contributed by atoms with Gasteiger partial charge in [0.05, 0.1) is 10.0 Å². The lowest BCUT2D eigenvalue weighted by Gasteiger charge is -2.10. The van der Waals surface area contributed by atoms with Crippen LogP contribution in [0.5, 0.6) is 0 Å². The van der Waals surface area contributed by atoms with Crippen LogP contribution in [-0.4, -0.2) is 6.04 Å². The molecule has 1 aliphatic rings. The van der Waals surface area contributed by atoms with Crippen LogP contribution in [0.15, 0.2) is 34.8 Å². The third kappa shape index (κ3) is 3.14. The van der Waals surface area contributed by atoms with Gasteiger partial charge >= 0.3 is 0 Å². The number of hydrogen-bond donors (Lipinski definition) is 1. The molecule has 0 spiro atoms. The van der Waals surface area contributed by atoms with E-state index in [1.807, 2.05) is 0 Å². The van der Waals surface area contributed by atoms with E-state index in [1.165, 1.54) is 18.2 Å². The Morgan fingerprint density at radius 1 is 1.05 bits per heavy atom. The van der Waals surface area contributed by atoms with Crippen LogP contribution in [0.1, 0.15) is 18.4 Å². The van der Waals surface area contributed by atoms with Crippen molar-refractivity contribution in [3.63, 3.8) is 0 Å². The monoisotopic (exact) mass is 355 g/mol. The Labute approximate surface area is 129 Å². The number of nitrogens with one attached hydrogen (secondary N) is 1. The molecule has 1 N–H and O–H groups in total. The van der Waals surface area contributed by atoms with Gasteiger partial charge in [-0.25, -0.2) is 13.2 Å². The van der Waals surface area contributed by atoms with Crippen LogP contribution in [0.3, 0.4) is 0 Å². The predicted molar refractivity (Wildman–Crippen MR) is 79.3 cm³/mol. The third-order valence-corrected chi connectivity index (χ3v) is 4.13. The summed E-state index contributed by atoms with van der Waals surface area (Å²) in [4.78, 5) is 0. The summed E-state index contributed by atoms with van der Waals surface area (Å²) in [5, 5.41) is 3.27. The highest BCUT2D eigenvalue weighted by atomic mass is 79.9. The van der Waals surface area contributed by atoms with Crippen molar-refractivity contribution >= 4 is 15.9 Å². The first-order valence-electron chi connectivity index (χ1n) is 6.72. The van der Waals surface area contributed by atoms with Crippen molar-refractivity contribution in [2.75, 3.05) is 0 Å². The fourth-order valence-corrected chi connectivity index (χ4v) is 2.53. The Balaban J connectivity index is 1.93. The largest absolute Gasteiger partial charge is 0.310 e. The van der Waals surface area contributed by atoms with E-state index in [4.69, 9.17) is 0 Å². The molecule has 0 atom stereocenters. The summed E-state index contributed by atoms with van der Waals surface area (Å²) in [6.07, 6.45) is 2.30. The van der Waals surface area contributed by atoms with Crippen LogP contribution in [0.4, 0.5) is 13.2 Å². The molecule has 1 fully saturated rings. The van der Waals surface area contributed by atoms with E-state index in [9.17, 15) is 13.2 Å². The van der Waals surface area contributed by atoms with E-state index in [2.05, 4.69) is 21.2 Å². The molecule has 0 bridgehead atoms. The Hall–Kier alpha value is -1.33. The lowest BCUT2D eigenvalue weighted by Crippen LogP contribution is -2.15. The van der Waals surface area contributed by atoms with Crippen LogP contribution in [0, 0.1) is 17.5 Å². The minimum atomic E-state index is -0.794. The Kier molecular flexibility index (Phi) is 4.04. The Morgan fingerprint density at radius 3 is 2.48 bits per heavy atom. The number of benzene rings is 2. The average molecular weight is 356 g/mol. The molecular weight excluding hydrogens is 343 g/mol. The van der Waals surface area contributed by atoms with Crippen LogP contribution in [0.2, 0.25) is 0 Å². The molecule has 2 aromatic carbocycles. The first-order chi connectivity index (χ1) is 10.1. The molecule has 21 heavy (non-hydrogen) atoms. The molecule has 0 amide bonds. The van der Waals surface area contributed by atoms with Crippen molar-refractivity contribution in [3.8, 4) is 11.1 Å². The van der Waals surface area contributed by atoms with Crippen molar-refractivity contribution in [1.82, 2.24) is 5.32 Å². The zero-order chi connectivity index (χ0) is 15.0. The third-order valence-electron chi connectivity index (χ3n) is 3.52. The van der Waals surface area contributed by atoms with Gasteiger partial charge in [0, 0.05) is 18.2 Å². The molecule has 3 rings (SSSR count). The molecule has 5 heteroatoms. The van der Waals surface area contributed by atoms with Crippen molar-refractivity contribution in [2.24, 2.45) is 0 Å². The van der Waals surface area contributed by atoms with E-state index in [0.717, 1.165) is 24.5 Å². The van der Waals surface area contributed by atoms with Crippen molar-refractivity contribution in [3.05, 3.63) is 57.8 Å². The van der Waals surface area contributed by atoms with Gasteiger partial charge in [0.1, 0.15) is 17.5 Å². The standard InChI is InChI=1S/C16H13BrF3N/c17-12-5-6-13(18)15(16(12)20)11-4-1-9(7-14(11)19)8-21-10-2-3-10/h1,4-7,10,21H,2-3,8H2. The van der Waals surface area contributed by atoms with E-state index in [-0.39, 0.29) is 15.6 Å². The maximum absolute atomic E-state index is 14.2. The normalized spacial score (nSPS) is 14.5. The van der Waals surface area contributed by atoms with Gasteiger partial charge in [-0.3, -0.25) is 0 Å². The quantitative estimate of drug-likeness (QED) is 0.777. The zero-order valence-corrected chi connectivity index (χ0v) is 12.7. The highest BCUT2D eigenvalue weighted by molar-refractivity contribution is 9.10. The molecular formula is C16H13BrF3N. The first kappa shape index (κ1) is 14.6. The molecule has 0 heterocycles. The fraction of sp³-hybridized carbons (Fsp3) is 0.250. The topological polar surface area (TPSA) is 12.0 Å². The van der Waals surface area contributed by atoms with Gasteiger partial charge in [0.2, 0.25) is 0 Å². The van der Waals surface area contributed by atoms with E-state index in [1.54, 1.807) is 6.07 Å². The summed E-state index contributed by atoms with van der Waals surface area (Å²) in [5.74, 6) is -2.20. The van der Waals surface area contributed by atoms with Crippen LogP contribution < -0.4 is 5.32 Å². The summed E-state index contributed by atoms with van der Waals surface area (Å²) >= 11 is 2.99. The van der Waals surface area contributed by atoms with Crippen LogP contribution in [-0.2, 0) is 6.54 Å². The Bertz CT molecular complexity index is 683. The molecule has 1 nitrogen and oxygen atoms in total. The molecule has 2 aromatic rings. The SMILES string of the molecule is Fc1cc(CNC2CC2)ccc1-c1c(F)ccc(Br)c1F. The minimum absolute atomic E-state index is 0.0681. The second kappa shape index (κ2) is 5.81. The van der Waals surface area contributed by atoms with E-state index < -0.39 is 17.5 Å². The minimum Gasteiger partial charge on any atom is -0.310 e. The van der Waals surface area contributed by atoms with Crippen molar-refractivity contribution in [2.45, 2.75) is 25.4 Å². The number of halogens is 4. The van der Waals surface area contributed by atoms with Gasteiger partial charge < -0.3 is 5.32 Å². The molecule has 1 aliphatic carbocycles. The first-order valence-corrected chi connectivity index (χ1v) is 7.51. The maximum Gasteiger partial charge on any atom is 0.148 e. The van der Waals surface area contributed by atoms with Gasteiger partial charge in [-0.15, -0.1) is 0 Å². The second-order valence-electron chi connectivity index (χ2n) is 5.19. The molecule has 110 valence electrons. The summed E-state index contributed by atoms with van der Waals surface area (Å²) in [6.45, 7) is 0.561. The zero-order valence-electron chi connectivity index (χ0n) is 11.1. The highest BCUT2D eigenvalue weighted by Gasteiger charge is 2.21. The van der Waals surface area contributed by atoms with Crippen molar-refractivity contribution in [1.29, 1.82) is 0 Å². The lowest BCUT2D eigenvalue weighted by molar-refractivity contribution is 0.577. The highest BCUT2D eigenvalue weighted by Crippen LogP contribution is 2.32. The summed E-state index contributed by atoms with van der Waals surface area (Å²) in [6, 6.07) is 7.34. The predicted octanol–water partition coefficient (Wildman–Crippen LogP) is 4.79. The maximum atomic E-state index is 14.2. The fourth-order valence-electron chi connectivity index (χ4n) is 2.19. The molecule has 0 saturated heterocycles. The summed E-state index contributed by atoms with van der Waals surface area (Å²) in [7, 11) is 0. The molecule has 0 unspecified atom stereocenters. The number of rotatable bonds is 4. The van der Waals surface area contributed by atoms with Crippen molar-refractivity contribution < 1.29 is 13.2 Å². The molecule has 0 aromatic heterocycles. The average Bonchev–Trinajstić information content (AvgIpc) is 3.27. The summed E-state index contributed by atoms with van der Waals surface area (Å²) in [5.41, 5.74) is 0.351. The van der Waals surface area contributed by atoms with Gasteiger partial charge in [-0.2, -0.15) is 0 Å². The number of hydrogen-bond acceptors (Lipinski definition) is 1.